The number of benzene rings is 1. The first kappa shape index (κ1) is 13.8. The standard InChI is InChI=1S/C12H16N2O4/c1-3-14(4-2)12(18)13-10-6-5-8(15)7-9(10)11(16)17/h5-7,15H,3-4H2,1-2H3,(H,13,18)(H,16,17). The van der Waals surface area contributed by atoms with Gasteiger partial charge in [-0.25, -0.2) is 9.59 Å². The second kappa shape index (κ2) is 5.90. The lowest BCUT2D eigenvalue weighted by Gasteiger charge is -2.19. The van der Waals surface area contributed by atoms with E-state index in [1.54, 1.807) is 0 Å². The molecular formula is C12H16N2O4. The number of amides is 2. The molecular weight excluding hydrogens is 236 g/mol. The van der Waals surface area contributed by atoms with E-state index in [-0.39, 0.29) is 23.0 Å². The van der Waals surface area contributed by atoms with Gasteiger partial charge in [-0.15, -0.1) is 0 Å². The summed E-state index contributed by atoms with van der Waals surface area (Å²) in [5, 5.41) is 20.7. The summed E-state index contributed by atoms with van der Waals surface area (Å²) in [5.74, 6) is -1.37. The summed E-state index contributed by atoms with van der Waals surface area (Å²) in [6, 6.07) is 3.41. The summed E-state index contributed by atoms with van der Waals surface area (Å²) in [6.07, 6.45) is 0. The van der Waals surface area contributed by atoms with Crippen LogP contribution in [-0.2, 0) is 0 Å². The Kier molecular flexibility index (Phi) is 4.53. The zero-order valence-corrected chi connectivity index (χ0v) is 10.3. The van der Waals surface area contributed by atoms with Gasteiger partial charge in [0.1, 0.15) is 5.75 Å². The van der Waals surface area contributed by atoms with Crippen molar-refractivity contribution in [2.75, 3.05) is 18.4 Å². The predicted molar refractivity (Wildman–Crippen MR) is 67.0 cm³/mol. The van der Waals surface area contributed by atoms with Crippen molar-refractivity contribution in [3.8, 4) is 5.75 Å². The molecule has 6 heteroatoms. The lowest BCUT2D eigenvalue weighted by molar-refractivity contribution is 0.0697. The second-order valence-electron chi connectivity index (χ2n) is 3.64. The van der Waals surface area contributed by atoms with Crippen molar-refractivity contribution >= 4 is 17.7 Å². The number of hydrogen-bond acceptors (Lipinski definition) is 3. The fourth-order valence-electron chi connectivity index (χ4n) is 1.52. The smallest absolute Gasteiger partial charge is 0.337 e. The van der Waals surface area contributed by atoms with E-state index in [9.17, 15) is 14.7 Å². The largest absolute Gasteiger partial charge is 0.508 e. The first-order valence-corrected chi connectivity index (χ1v) is 5.61. The summed E-state index contributed by atoms with van der Waals surface area (Å²) < 4.78 is 0. The highest BCUT2D eigenvalue weighted by molar-refractivity contribution is 6.00. The Hall–Kier alpha value is -2.24. The van der Waals surface area contributed by atoms with Gasteiger partial charge in [0.25, 0.3) is 0 Å². The molecule has 0 aliphatic heterocycles. The number of carbonyl (C=O) groups excluding carboxylic acids is 1. The number of phenolic OH excluding ortho intramolecular Hbond substituents is 1. The zero-order valence-electron chi connectivity index (χ0n) is 10.3. The predicted octanol–water partition coefficient (Wildman–Crippen LogP) is 1.96. The van der Waals surface area contributed by atoms with Crippen LogP contribution >= 0.6 is 0 Å². The summed E-state index contributed by atoms with van der Waals surface area (Å²) in [4.78, 5) is 24.3. The van der Waals surface area contributed by atoms with Crippen LogP contribution in [0.25, 0.3) is 0 Å². The molecule has 6 nitrogen and oxygen atoms in total. The fraction of sp³-hybridized carbons (Fsp3) is 0.333. The molecule has 0 radical (unpaired) electrons. The van der Waals surface area contributed by atoms with Gasteiger partial charge in [-0.05, 0) is 32.0 Å². The minimum Gasteiger partial charge on any atom is -0.508 e. The fourth-order valence-corrected chi connectivity index (χ4v) is 1.52. The molecule has 0 atom stereocenters. The number of anilines is 1. The van der Waals surface area contributed by atoms with E-state index in [1.165, 1.54) is 17.0 Å². The molecule has 98 valence electrons. The van der Waals surface area contributed by atoms with Crippen LogP contribution in [0.5, 0.6) is 5.75 Å². The quantitative estimate of drug-likeness (QED) is 0.714. The lowest BCUT2D eigenvalue weighted by atomic mass is 10.1. The Morgan fingerprint density at radius 2 is 1.89 bits per heavy atom. The number of nitrogens with zero attached hydrogens (tertiary/aromatic N) is 1. The topological polar surface area (TPSA) is 89.9 Å². The highest BCUT2D eigenvalue weighted by Gasteiger charge is 2.15. The SMILES string of the molecule is CCN(CC)C(=O)Nc1ccc(O)cc1C(=O)O. The number of aromatic hydroxyl groups is 1. The van der Waals surface area contributed by atoms with Gasteiger partial charge in [-0.2, -0.15) is 0 Å². The highest BCUT2D eigenvalue weighted by Crippen LogP contribution is 2.21. The van der Waals surface area contributed by atoms with Crippen LogP contribution in [0.1, 0.15) is 24.2 Å². The van der Waals surface area contributed by atoms with Gasteiger partial charge >= 0.3 is 12.0 Å². The van der Waals surface area contributed by atoms with Crippen LogP contribution in [0.3, 0.4) is 0 Å². The van der Waals surface area contributed by atoms with Gasteiger partial charge in [0.2, 0.25) is 0 Å². The van der Waals surface area contributed by atoms with E-state index in [2.05, 4.69) is 5.32 Å². The molecule has 0 bridgehead atoms. The van der Waals surface area contributed by atoms with E-state index in [0.29, 0.717) is 13.1 Å². The Morgan fingerprint density at radius 1 is 1.28 bits per heavy atom. The van der Waals surface area contributed by atoms with E-state index in [0.717, 1.165) is 6.07 Å². The van der Waals surface area contributed by atoms with Crippen LogP contribution in [0.15, 0.2) is 18.2 Å². The Labute approximate surface area is 105 Å². The third kappa shape index (κ3) is 3.13. The average Bonchev–Trinajstić information content (AvgIpc) is 2.32. The first-order chi connectivity index (χ1) is 8.49. The minimum atomic E-state index is -1.21. The molecule has 1 aromatic rings. The zero-order chi connectivity index (χ0) is 13.7. The van der Waals surface area contributed by atoms with Crippen molar-refractivity contribution in [3.05, 3.63) is 23.8 Å². The molecule has 0 heterocycles. The number of hydrogen-bond donors (Lipinski definition) is 3. The maximum Gasteiger partial charge on any atom is 0.337 e. The summed E-state index contributed by atoms with van der Waals surface area (Å²) >= 11 is 0. The van der Waals surface area contributed by atoms with Crippen molar-refractivity contribution in [1.29, 1.82) is 0 Å². The summed E-state index contributed by atoms with van der Waals surface area (Å²) in [5.41, 5.74) is 0.0210. The van der Waals surface area contributed by atoms with Crippen molar-refractivity contribution in [2.24, 2.45) is 0 Å². The Morgan fingerprint density at radius 3 is 2.39 bits per heavy atom. The number of rotatable bonds is 4. The van der Waals surface area contributed by atoms with Crippen molar-refractivity contribution in [2.45, 2.75) is 13.8 Å². The highest BCUT2D eigenvalue weighted by atomic mass is 16.4. The molecule has 0 aliphatic rings. The maximum absolute atomic E-state index is 11.8. The molecule has 0 aliphatic carbocycles. The van der Waals surface area contributed by atoms with Crippen LogP contribution in [0, 0.1) is 0 Å². The molecule has 18 heavy (non-hydrogen) atoms. The first-order valence-electron chi connectivity index (χ1n) is 5.61. The average molecular weight is 252 g/mol. The molecule has 3 N–H and O–H groups in total. The van der Waals surface area contributed by atoms with E-state index >= 15 is 0 Å². The third-order valence-corrected chi connectivity index (χ3v) is 2.53. The lowest BCUT2D eigenvalue weighted by Crippen LogP contribution is -2.34. The molecule has 0 aromatic heterocycles. The van der Waals surface area contributed by atoms with Crippen LogP contribution < -0.4 is 5.32 Å². The van der Waals surface area contributed by atoms with Gasteiger partial charge in [-0.1, -0.05) is 0 Å². The maximum atomic E-state index is 11.8. The van der Waals surface area contributed by atoms with Gasteiger partial charge in [0.15, 0.2) is 0 Å². The molecule has 0 saturated carbocycles. The molecule has 2 amide bonds. The Balaban J connectivity index is 2.97. The normalized spacial score (nSPS) is 9.89. The summed E-state index contributed by atoms with van der Waals surface area (Å²) in [6.45, 7) is 4.72. The number of aromatic carboxylic acids is 1. The van der Waals surface area contributed by atoms with E-state index in [1.807, 2.05) is 13.8 Å². The molecule has 0 unspecified atom stereocenters. The van der Waals surface area contributed by atoms with Gasteiger partial charge in [0.05, 0.1) is 11.3 Å². The van der Waals surface area contributed by atoms with Crippen molar-refractivity contribution < 1.29 is 19.8 Å². The molecule has 0 fully saturated rings. The van der Waals surface area contributed by atoms with Crippen LogP contribution in [-0.4, -0.2) is 40.2 Å². The van der Waals surface area contributed by atoms with Gasteiger partial charge < -0.3 is 20.4 Å². The summed E-state index contributed by atoms with van der Waals surface area (Å²) in [7, 11) is 0. The monoisotopic (exact) mass is 252 g/mol. The second-order valence-corrected chi connectivity index (χ2v) is 3.64. The molecule has 1 rings (SSSR count). The van der Waals surface area contributed by atoms with Crippen LogP contribution in [0.2, 0.25) is 0 Å². The number of nitrogens with one attached hydrogen (secondary N) is 1. The van der Waals surface area contributed by atoms with Crippen molar-refractivity contribution in [3.63, 3.8) is 0 Å². The minimum absolute atomic E-state index is 0.143. The van der Waals surface area contributed by atoms with Gasteiger partial charge in [-0.3, -0.25) is 0 Å². The number of phenols is 1. The number of urea groups is 1. The van der Waals surface area contributed by atoms with E-state index in [4.69, 9.17) is 5.11 Å². The third-order valence-electron chi connectivity index (χ3n) is 2.53. The van der Waals surface area contributed by atoms with Crippen molar-refractivity contribution in [1.82, 2.24) is 4.90 Å². The number of carboxylic acids is 1. The molecule has 1 aromatic carbocycles. The molecule has 0 spiro atoms. The van der Waals surface area contributed by atoms with E-state index < -0.39 is 5.97 Å². The Bertz CT molecular complexity index is 455. The number of carbonyl (C=O) groups is 2. The van der Waals surface area contributed by atoms with Gasteiger partial charge in [0, 0.05) is 13.1 Å². The van der Waals surface area contributed by atoms with Crippen LogP contribution in [0.4, 0.5) is 10.5 Å². The number of carboxylic acid groups (broad SMARTS) is 1. The molecule has 0 saturated heterocycles.